The van der Waals surface area contributed by atoms with Crippen molar-refractivity contribution in [2.24, 2.45) is 0 Å². The van der Waals surface area contributed by atoms with Gasteiger partial charge in [0.15, 0.2) is 0 Å². The summed E-state index contributed by atoms with van der Waals surface area (Å²) in [5, 5.41) is 2.79. The Morgan fingerprint density at radius 1 is 1.04 bits per heavy atom. The Labute approximate surface area is 160 Å². The van der Waals surface area contributed by atoms with Crippen LogP contribution in [0.5, 0.6) is 0 Å². The van der Waals surface area contributed by atoms with Crippen LogP contribution in [0.15, 0.2) is 65.6 Å². The van der Waals surface area contributed by atoms with Crippen molar-refractivity contribution < 1.29 is 17.6 Å². The van der Waals surface area contributed by atoms with E-state index in [1.807, 2.05) is 19.1 Å². The summed E-state index contributed by atoms with van der Waals surface area (Å²) in [7, 11) is -3.94. The van der Waals surface area contributed by atoms with Gasteiger partial charge in [-0.25, -0.2) is 12.8 Å². The van der Waals surface area contributed by atoms with E-state index in [4.69, 9.17) is 0 Å². The molecule has 0 saturated heterocycles. The van der Waals surface area contributed by atoms with Crippen LogP contribution in [0, 0.1) is 12.7 Å². The van der Waals surface area contributed by atoms with E-state index in [0.717, 1.165) is 21.9 Å². The molecule has 27 heavy (non-hydrogen) atoms. The van der Waals surface area contributed by atoms with E-state index >= 15 is 0 Å². The van der Waals surface area contributed by atoms with Crippen molar-refractivity contribution in [1.82, 2.24) is 5.32 Å². The number of hydrogen-bond acceptors (Lipinski definition) is 4. The van der Waals surface area contributed by atoms with Crippen LogP contribution in [0.2, 0.25) is 0 Å². The predicted octanol–water partition coefficient (Wildman–Crippen LogP) is 3.93. The number of thiophene rings is 1. The van der Waals surface area contributed by atoms with E-state index < -0.39 is 21.7 Å². The zero-order valence-corrected chi connectivity index (χ0v) is 16.0. The lowest BCUT2D eigenvalue weighted by Crippen LogP contribution is -2.24. The molecule has 0 aliphatic carbocycles. The Morgan fingerprint density at radius 3 is 2.41 bits per heavy atom. The first kappa shape index (κ1) is 19.1. The highest BCUT2D eigenvalue weighted by atomic mass is 32.2. The number of aryl methyl sites for hydroxylation is 1. The van der Waals surface area contributed by atoms with Gasteiger partial charge in [-0.05, 0) is 55.5 Å². The van der Waals surface area contributed by atoms with Crippen LogP contribution in [-0.4, -0.2) is 14.3 Å². The van der Waals surface area contributed by atoms with Crippen LogP contribution in [-0.2, 0) is 16.6 Å². The Morgan fingerprint density at radius 2 is 1.74 bits per heavy atom. The molecule has 0 bridgehead atoms. The molecule has 0 fully saturated rings. The van der Waals surface area contributed by atoms with Gasteiger partial charge in [0.2, 0.25) is 0 Å². The third kappa shape index (κ3) is 4.72. The summed E-state index contributed by atoms with van der Waals surface area (Å²) in [6, 6.07) is 14.7. The van der Waals surface area contributed by atoms with Gasteiger partial charge in [-0.15, -0.1) is 11.3 Å². The lowest BCUT2D eigenvalue weighted by Gasteiger charge is -2.12. The summed E-state index contributed by atoms with van der Waals surface area (Å²) >= 11 is 1.58. The lowest BCUT2D eigenvalue weighted by atomic mass is 10.1. The van der Waals surface area contributed by atoms with Gasteiger partial charge in [0.1, 0.15) is 5.82 Å². The highest BCUT2D eigenvalue weighted by Crippen LogP contribution is 2.21. The molecule has 0 radical (unpaired) electrons. The number of sulfonamides is 1. The molecule has 1 amide bonds. The van der Waals surface area contributed by atoms with E-state index in [9.17, 15) is 17.6 Å². The maximum Gasteiger partial charge on any atom is 0.261 e. The fraction of sp³-hybridized carbons (Fsp3) is 0.105. The fourth-order valence-electron chi connectivity index (χ4n) is 2.43. The zero-order chi connectivity index (χ0) is 19.4. The van der Waals surface area contributed by atoms with Crippen molar-refractivity contribution >= 4 is 33.0 Å². The van der Waals surface area contributed by atoms with E-state index in [0.29, 0.717) is 6.54 Å². The third-order valence-corrected chi connectivity index (χ3v) is 6.14. The Bertz CT molecular complexity index is 1060. The number of hydrogen-bond donors (Lipinski definition) is 2. The van der Waals surface area contributed by atoms with E-state index in [2.05, 4.69) is 10.0 Å². The van der Waals surface area contributed by atoms with Gasteiger partial charge >= 0.3 is 0 Å². The topological polar surface area (TPSA) is 75.3 Å². The standard InChI is InChI=1S/C19H17FN2O3S2/c1-13-6-9-15(26-13)12-21-19(23)17-4-2-3-5-18(17)22-27(24,25)16-10-7-14(20)8-11-16/h2-11,22H,12H2,1H3,(H,21,23). The molecular weight excluding hydrogens is 387 g/mol. The molecule has 0 unspecified atom stereocenters. The molecule has 3 aromatic rings. The maximum absolute atomic E-state index is 13.0. The minimum Gasteiger partial charge on any atom is -0.347 e. The number of amides is 1. The number of rotatable bonds is 6. The Hall–Kier alpha value is -2.71. The van der Waals surface area contributed by atoms with Crippen molar-refractivity contribution in [1.29, 1.82) is 0 Å². The summed E-state index contributed by atoms with van der Waals surface area (Å²) in [6.07, 6.45) is 0. The highest BCUT2D eigenvalue weighted by molar-refractivity contribution is 7.92. The van der Waals surface area contributed by atoms with Crippen molar-refractivity contribution in [3.8, 4) is 0 Å². The van der Waals surface area contributed by atoms with E-state index in [1.54, 1.807) is 23.5 Å². The zero-order valence-electron chi connectivity index (χ0n) is 14.4. The quantitative estimate of drug-likeness (QED) is 0.654. The van der Waals surface area contributed by atoms with E-state index in [1.165, 1.54) is 24.3 Å². The first-order valence-electron chi connectivity index (χ1n) is 8.06. The van der Waals surface area contributed by atoms with Crippen LogP contribution in [0.3, 0.4) is 0 Å². The van der Waals surface area contributed by atoms with Gasteiger partial charge in [0.25, 0.3) is 15.9 Å². The molecule has 2 aromatic carbocycles. The molecule has 1 aromatic heterocycles. The van der Waals surface area contributed by atoms with Gasteiger partial charge in [-0.3, -0.25) is 9.52 Å². The summed E-state index contributed by atoms with van der Waals surface area (Å²) in [5.74, 6) is -0.920. The molecule has 2 N–H and O–H groups in total. The molecule has 140 valence electrons. The minimum atomic E-state index is -3.94. The average Bonchev–Trinajstić information content (AvgIpc) is 3.05. The van der Waals surface area contributed by atoms with Crippen LogP contribution in [0.25, 0.3) is 0 Å². The second-order valence-corrected chi connectivity index (χ2v) is 8.85. The molecule has 8 heteroatoms. The van der Waals surface area contributed by atoms with Gasteiger partial charge in [0.05, 0.1) is 22.7 Å². The van der Waals surface area contributed by atoms with Crippen molar-refractivity contribution in [3.05, 3.63) is 81.8 Å². The number of nitrogens with one attached hydrogen (secondary N) is 2. The second kappa shape index (κ2) is 7.89. The van der Waals surface area contributed by atoms with Crippen molar-refractivity contribution in [3.63, 3.8) is 0 Å². The Balaban J connectivity index is 1.78. The normalized spacial score (nSPS) is 11.2. The maximum atomic E-state index is 13.0. The second-order valence-electron chi connectivity index (χ2n) is 5.80. The molecule has 0 aliphatic rings. The minimum absolute atomic E-state index is 0.0897. The van der Waals surface area contributed by atoms with Crippen LogP contribution in [0.4, 0.5) is 10.1 Å². The van der Waals surface area contributed by atoms with E-state index in [-0.39, 0.29) is 16.1 Å². The largest absolute Gasteiger partial charge is 0.347 e. The fourth-order valence-corrected chi connectivity index (χ4v) is 4.34. The molecule has 0 atom stereocenters. The Kier molecular flexibility index (Phi) is 5.57. The third-order valence-electron chi connectivity index (χ3n) is 3.76. The predicted molar refractivity (Wildman–Crippen MR) is 104 cm³/mol. The SMILES string of the molecule is Cc1ccc(CNC(=O)c2ccccc2NS(=O)(=O)c2ccc(F)cc2)s1. The average molecular weight is 404 g/mol. The molecule has 0 spiro atoms. The molecule has 3 rings (SSSR count). The monoisotopic (exact) mass is 404 g/mol. The number of halogens is 1. The molecule has 1 heterocycles. The van der Waals surface area contributed by atoms with Gasteiger partial charge in [0, 0.05) is 9.75 Å². The number of benzene rings is 2. The summed E-state index contributed by atoms with van der Waals surface area (Å²) in [6.45, 7) is 2.34. The van der Waals surface area contributed by atoms with Crippen LogP contribution in [0.1, 0.15) is 20.1 Å². The first-order chi connectivity index (χ1) is 12.8. The smallest absolute Gasteiger partial charge is 0.261 e. The van der Waals surface area contributed by atoms with Crippen LogP contribution >= 0.6 is 11.3 Å². The van der Waals surface area contributed by atoms with Crippen molar-refractivity contribution in [2.75, 3.05) is 4.72 Å². The van der Waals surface area contributed by atoms with Crippen molar-refractivity contribution in [2.45, 2.75) is 18.4 Å². The van der Waals surface area contributed by atoms with Gasteiger partial charge in [-0.2, -0.15) is 0 Å². The number of para-hydroxylation sites is 1. The number of carbonyl (C=O) groups excluding carboxylic acids is 1. The summed E-state index contributed by atoms with van der Waals surface area (Å²) in [5.41, 5.74) is 0.359. The summed E-state index contributed by atoms with van der Waals surface area (Å²) in [4.78, 5) is 14.6. The van der Waals surface area contributed by atoms with Crippen LogP contribution < -0.4 is 10.0 Å². The van der Waals surface area contributed by atoms with Gasteiger partial charge in [-0.1, -0.05) is 12.1 Å². The highest BCUT2D eigenvalue weighted by Gasteiger charge is 2.18. The van der Waals surface area contributed by atoms with Gasteiger partial charge < -0.3 is 5.32 Å². The summed E-state index contributed by atoms with van der Waals surface area (Å²) < 4.78 is 40.4. The number of carbonyl (C=O) groups is 1. The molecular formula is C19H17FN2O3S2. The molecule has 5 nitrogen and oxygen atoms in total. The first-order valence-corrected chi connectivity index (χ1v) is 10.4. The molecule has 0 aliphatic heterocycles. The number of anilines is 1. The molecule has 0 saturated carbocycles. The lowest BCUT2D eigenvalue weighted by molar-refractivity contribution is 0.0952.